The number of nitrogens with one attached hydrogen (secondary N) is 1. The van der Waals surface area contributed by atoms with Crippen molar-refractivity contribution in [2.45, 2.75) is 12.7 Å². The second-order valence-corrected chi connectivity index (χ2v) is 4.84. The summed E-state index contributed by atoms with van der Waals surface area (Å²) in [4.78, 5) is 11.7. The van der Waals surface area contributed by atoms with Crippen molar-refractivity contribution in [3.8, 4) is 5.75 Å². The molecular weight excluding hydrogens is 307 g/mol. The highest BCUT2D eigenvalue weighted by Crippen LogP contribution is 2.29. The molecule has 3 nitrogen and oxygen atoms in total. The van der Waals surface area contributed by atoms with Gasteiger partial charge < -0.3 is 10.4 Å². The first-order valence-corrected chi connectivity index (χ1v) is 6.76. The van der Waals surface area contributed by atoms with Crippen molar-refractivity contribution < 1.29 is 23.1 Å². The molecule has 0 spiro atoms. The van der Waals surface area contributed by atoms with Crippen LogP contribution in [0.15, 0.2) is 54.6 Å². The number of rotatable bonds is 4. The van der Waals surface area contributed by atoms with Crippen molar-refractivity contribution >= 4 is 12.0 Å². The number of benzene rings is 2. The first kappa shape index (κ1) is 16.6. The molecule has 0 radical (unpaired) electrons. The number of aromatic hydroxyl groups is 1. The zero-order chi connectivity index (χ0) is 16.9. The second-order valence-electron chi connectivity index (χ2n) is 4.84. The standard InChI is InChI=1S/C17H14F3NO2/c18-17(19,20)14-5-1-4-13(9-14)11-21-16(23)8-7-12-3-2-6-15(22)10-12/h1-10,22H,11H2,(H,21,23). The van der Waals surface area contributed by atoms with Crippen LogP contribution in [0.5, 0.6) is 5.75 Å². The lowest BCUT2D eigenvalue weighted by Gasteiger charge is -2.08. The van der Waals surface area contributed by atoms with Crippen molar-refractivity contribution in [1.29, 1.82) is 0 Å². The summed E-state index contributed by atoms with van der Waals surface area (Å²) in [5, 5.41) is 11.8. The highest BCUT2D eigenvalue weighted by atomic mass is 19.4. The molecule has 0 aliphatic heterocycles. The minimum atomic E-state index is -4.41. The largest absolute Gasteiger partial charge is 0.508 e. The van der Waals surface area contributed by atoms with Crippen LogP contribution in [0.1, 0.15) is 16.7 Å². The second kappa shape index (κ2) is 7.00. The van der Waals surface area contributed by atoms with Gasteiger partial charge in [0.1, 0.15) is 5.75 Å². The lowest BCUT2D eigenvalue weighted by Crippen LogP contribution is -2.20. The Hall–Kier alpha value is -2.76. The van der Waals surface area contributed by atoms with E-state index in [9.17, 15) is 23.1 Å². The van der Waals surface area contributed by atoms with E-state index in [1.54, 1.807) is 12.1 Å². The van der Waals surface area contributed by atoms with Gasteiger partial charge in [0.15, 0.2) is 0 Å². The van der Waals surface area contributed by atoms with Crippen molar-refractivity contribution in [2.24, 2.45) is 0 Å². The zero-order valence-electron chi connectivity index (χ0n) is 12.0. The van der Waals surface area contributed by atoms with E-state index in [1.165, 1.54) is 36.4 Å². The first-order valence-electron chi connectivity index (χ1n) is 6.76. The summed E-state index contributed by atoms with van der Waals surface area (Å²) in [6, 6.07) is 11.1. The predicted octanol–water partition coefficient (Wildman–Crippen LogP) is 3.74. The van der Waals surface area contributed by atoms with Crippen LogP contribution in [0.25, 0.3) is 6.08 Å². The third kappa shape index (κ3) is 5.18. The lowest BCUT2D eigenvalue weighted by atomic mass is 10.1. The number of phenolic OH excluding ortho intramolecular Hbond substituents is 1. The smallest absolute Gasteiger partial charge is 0.416 e. The van der Waals surface area contributed by atoms with Gasteiger partial charge in [0.05, 0.1) is 5.56 Å². The van der Waals surface area contributed by atoms with Crippen LogP contribution < -0.4 is 5.32 Å². The molecular formula is C17H14F3NO2. The van der Waals surface area contributed by atoms with Crippen molar-refractivity contribution in [3.63, 3.8) is 0 Å². The Labute approximate surface area is 131 Å². The summed E-state index contributed by atoms with van der Waals surface area (Å²) < 4.78 is 37.8. The van der Waals surface area contributed by atoms with Crippen LogP contribution in [0, 0.1) is 0 Å². The van der Waals surface area contributed by atoms with E-state index in [-0.39, 0.29) is 12.3 Å². The van der Waals surface area contributed by atoms with Crippen LogP contribution in [0.4, 0.5) is 13.2 Å². The zero-order valence-corrected chi connectivity index (χ0v) is 12.0. The molecule has 0 atom stereocenters. The van der Waals surface area contributed by atoms with Crippen LogP contribution in [0.2, 0.25) is 0 Å². The molecule has 2 rings (SSSR count). The maximum absolute atomic E-state index is 12.6. The van der Waals surface area contributed by atoms with Crippen LogP contribution in [-0.4, -0.2) is 11.0 Å². The van der Waals surface area contributed by atoms with Crippen molar-refractivity contribution in [3.05, 3.63) is 71.3 Å². The number of halogens is 3. The van der Waals surface area contributed by atoms with E-state index in [1.807, 2.05) is 0 Å². The van der Waals surface area contributed by atoms with E-state index in [4.69, 9.17) is 0 Å². The van der Waals surface area contributed by atoms with Gasteiger partial charge >= 0.3 is 6.18 Å². The SMILES string of the molecule is O=C(C=Cc1cccc(O)c1)NCc1cccc(C(F)(F)F)c1. The van der Waals surface area contributed by atoms with Gasteiger partial charge in [-0.3, -0.25) is 4.79 Å². The van der Waals surface area contributed by atoms with E-state index in [0.29, 0.717) is 11.1 Å². The van der Waals surface area contributed by atoms with Gasteiger partial charge in [0, 0.05) is 12.6 Å². The normalized spacial score (nSPS) is 11.6. The summed E-state index contributed by atoms with van der Waals surface area (Å²) in [5.41, 5.74) is 0.248. The Morgan fingerprint density at radius 3 is 2.57 bits per heavy atom. The lowest BCUT2D eigenvalue weighted by molar-refractivity contribution is -0.137. The minimum Gasteiger partial charge on any atom is -0.508 e. The summed E-state index contributed by atoms with van der Waals surface area (Å²) in [7, 11) is 0. The molecule has 120 valence electrons. The van der Waals surface area contributed by atoms with Gasteiger partial charge in [-0.2, -0.15) is 13.2 Å². The minimum absolute atomic E-state index is 0.00681. The molecule has 0 fully saturated rings. The third-order valence-electron chi connectivity index (χ3n) is 3.02. The van der Waals surface area contributed by atoms with Crippen LogP contribution in [0.3, 0.4) is 0 Å². The topological polar surface area (TPSA) is 49.3 Å². The first-order chi connectivity index (χ1) is 10.8. The maximum atomic E-state index is 12.6. The third-order valence-corrected chi connectivity index (χ3v) is 3.02. The van der Waals surface area contributed by atoms with Crippen molar-refractivity contribution in [1.82, 2.24) is 5.32 Å². The van der Waals surface area contributed by atoms with Gasteiger partial charge in [0.25, 0.3) is 0 Å². The summed E-state index contributed by atoms with van der Waals surface area (Å²) in [6.45, 7) is -0.00681. The molecule has 6 heteroatoms. The van der Waals surface area contributed by atoms with Gasteiger partial charge in [-0.15, -0.1) is 0 Å². The number of amides is 1. The van der Waals surface area contributed by atoms with E-state index in [0.717, 1.165) is 12.1 Å². The fraction of sp³-hybridized carbons (Fsp3) is 0.118. The molecule has 2 aromatic carbocycles. The summed E-state index contributed by atoms with van der Waals surface area (Å²) >= 11 is 0. The quantitative estimate of drug-likeness (QED) is 0.843. The Kier molecular flexibility index (Phi) is 5.05. The number of hydrogen-bond donors (Lipinski definition) is 2. The van der Waals surface area contributed by atoms with Crippen molar-refractivity contribution in [2.75, 3.05) is 0 Å². The van der Waals surface area contributed by atoms with Gasteiger partial charge in [-0.05, 0) is 41.5 Å². The number of phenols is 1. The monoisotopic (exact) mass is 321 g/mol. The molecule has 2 aromatic rings. The Morgan fingerprint density at radius 1 is 1.13 bits per heavy atom. The van der Waals surface area contributed by atoms with E-state index < -0.39 is 17.6 Å². The highest BCUT2D eigenvalue weighted by molar-refractivity contribution is 5.91. The molecule has 0 aliphatic rings. The molecule has 0 unspecified atom stereocenters. The average Bonchev–Trinajstić information content (AvgIpc) is 2.50. The molecule has 2 N–H and O–H groups in total. The number of hydrogen-bond acceptors (Lipinski definition) is 2. The molecule has 1 amide bonds. The fourth-order valence-corrected chi connectivity index (χ4v) is 1.91. The van der Waals surface area contributed by atoms with Gasteiger partial charge in [0.2, 0.25) is 5.91 Å². The summed E-state index contributed by atoms with van der Waals surface area (Å²) in [5.74, 6) is -0.359. The molecule has 0 bridgehead atoms. The highest BCUT2D eigenvalue weighted by Gasteiger charge is 2.30. The van der Waals surface area contributed by atoms with Crippen LogP contribution >= 0.6 is 0 Å². The molecule has 0 saturated carbocycles. The molecule has 0 aliphatic carbocycles. The Morgan fingerprint density at radius 2 is 1.87 bits per heavy atom. The molecule has 0 aromatic heterocycles. The molecule has 0 heterocycles. The number of carbonyl (C=O) groups excluding carboxylic acids is 1. The predicted molar refractivity (Wildman–Crippen MR) is 80.4 cm³/mol. The van der Waals surface area contributed by atoms with Gasteiger partial charge in [-0.1, -0.05) is 24.3 Å². The number of carbonyl (C=O) groups is 1. The molecule has 23 heavy (non-hydrogen) atoms. The Balaban J connectivity index is 1.94. The van der Waals surface area contributed by atoms with Crippen LogP contribution in [-0.2, 0) is 17.5 Å². The average molecular weight is 321 g/mol. The number of alkyl halides is 3. The maximum Gasteiger partial charge on any atom is 0.416 e. The Bertz CT molecular complexity index is 724. The molecule has 0 saturated heterocycles. The van der Waals surface area contributed by atoms with E-state index >= 15 is 0 Å². The summed E-state index contributed by atoms with van der Waals surface area (Å²) in [6.07, 6.45) is -1.65. The van der Waals surface area contributed by atoms with E-state index in [2.05, 4.69) is 5.32 Å². The fourth-order valence-electron chi connectivity index (χ4n) is 1.91. The van der Waals surface area contributed by atoms with Gasteiger partial charge in [-0.25, -0.2) is 0 Å².